The van der Waals surface area contributed by atoms with Crippen molar-refractivity contribution in [1.82, 2.24) is 4.57 Å². The molecule has 0 unspecified atom stereocenters. The molecule has 4 aromatic rings. The van der Waals surface area contributed by atoms with Gasteiger partial charge in [0.2, 0.25) is 0 Å². The SMILES string of the molecule is Cc1ccc(C)c(N=c2scc(-c3ccc4c(c3)NC(=O)CO4)n2Cc2ccco2)c1. The normalized spacial score (nSPS) is 13.6. The number of amides is 1. The molecule has 0 saturated carbocycles. The molecule has 0 atom stereocenters. The van der Waals surface area contributed by atoms with Crippen molar-refractivity contribution in [2.75, 3.05) is 11.9 Å². The Hall–Kier alpha value is -3.58. The molecule has 6 nitrogen and oxygen atoms in total. The van der Waals surface area contributed by atoms with E-state index in [4.69, 9.17) is 14.1 Å². The van der Waals surface area contributed by atoms with Gasteiger partial charge in [-0.15, -0.1) is 11.3 Å². The van der Waals surface area contributed by atoms with E-state index in [9.17, 15) is 4.79 Å². The fraction of sp³-hybridized carbons (Fsp3) is 0.167. The van der Waals surface area contributed by atoms with E-state index in [1.807, 2.05) is 30.3 Å². The van der Waals surface area contributed by atoms with Gasteiger partial charge in [-0.3, -0.25) is 4.79 Å². The van der Waals surface area contributed by atoms with Crippen molar-refractivity contribution in [2.45, 2.75) is 20.4 Å². The Morgan fingerprint density at radius 1 is 1.16 bits per heavy atom. The molecule has 3 heterocycles. The molecule has 31 heavy (non-hydrogen) atoms. The van der Waals surface area contributed by atoms with E-state index in [0.717, 1.165) is 33.1 Å². The second-order valence-electron chi connectivity index (χ2n) is 7.52. The smallest absolute Gasteiger partial charge is 0.262 e. The van der Waals surface area contributed by atoms with Crippen LogP contribution in [0.2, 0.25) is 0 Å². The number of ether oxygens (including phenoxy) is 1. The summed E-state index contributed by atoms with van der Waals surface area (Å²) in [6.45, 7) is 4.73. The van der Waals surface area contributed by atoms with E-state index in [1.165, 1.54) is 5.56 Å². The molecule has 0 saturated heterocycles. The number of carbonyl (C=O) groups excluding carboxylic acids is 1. The Morgan fingerprint density at radius 3 is 2.90 bits per heavy atom. The number of aromatic nitrogens is 1. The number of nitrogens with one attached hydrogen (secondary N) is 1. The second kappa shape index (κ2) is 7.92. The lowest BCUT2D eigenvalue weighted by atomic mass is 10.1. The number of aryl methyl sites for hydroxylation is 2. The lowest BCUT2D eigenvalue weighted by molar-refractivity contribution is -0.118. The van der Waals surface area contributed by atoms with Crippen LogP contribution in [0.3, 0.4) is 0 Å². The summed E-state index contributed by atoms with van der Waals surface area (Å²) in [5, 5.41) is 4.97. The molecule has 7 heteroatoms. The number of furan rings is 1. The van der Waals surface area contributed by atoms with Crippen LogP contribution >= 0.6 is 11.3 Å². The Labute approximate surface area is 183 Å². The minimum atomic E-state index is -0.149. The quantitative estimate of drug-likeness (QED) is 0.492. The van der Waals surface area contributed by atoms with Crippen LogP contribution in [0.15, 0.2) is 69.6 Å². The average Bonchev–Trinajstić information content (AvgIpc) is 3.41. The highest BCUT2D eigenvalue weighted by Crippen LogP contribution is 2.33. The van der Waals surface area contributed by atoms with E-state index < -0.39 is 0 Å². The molecular formula is C24H21N3O3S. The third kappa shape index (κ3) is 3.92. The third-order valence-corrected chi connectivity index (χ3v) is 6.04. The second-order valence-corrected chi connectivity index (χ2v) is 8.36. The molecule has 1 N–H and O–H groups in total. The standard InChI is InChI=1S/C24H21N3O3S/c1-15-5-6-16(2)19(10-15)26-24-27(12-18-4-3-9-29-18)21(14-31-24)17-7-8-22-20(11-17)25-23(28)13-30-22/h3-11,14H,12-13H2,1-2H3,(H,25,28). The van der Waals surface area contributed by atoms with Gasteiger partial charge in [-0.25, -0.2) is 4.99 Å². The number of hydrogen-bond donors (Lipinski definition) is 1. The van der Waals surface area contributed by atoms with Crippen LogP contribution in [-0.2, 0) is 11.3 Å². The zero-order valence-electron chi connectivity index (χ0n) is 17.2. The highest BCUT2D eigenvalue weighted by molar-refractivity contribution is 7.07. The van der Waals surface area contributed by atoms with Crippen LogP contribution in [0.5, 0.6) is 5.75 Å². The first-order chi connectivity index (χ1) is 15.1. The van der Waals surface area contributed by atoms with Gasteiger partial charge in [-0.05, 0) is 61.4 Å². The lowest BCUT2D eigenvalue weighted by Gasteiger charge is -2.18. The van der Waals surface area contributed by atoms with E-state index in [-0.39, 0.29) is 12.5 Å². The summed E-state index contributed by atoms with van der Waals surface area (Å²) in [6.07, 6.45) is 1.68. The van der Waals surface area contributed by atoms with Gasteiger partial charge in [-0.2, -0.15) is 0 Å². The number of carbonyl (C=O) groups is 1. The van der Waals surface area contributed by atoms with Gasteiger partial charge in [0.15, 0.2) is 11.4 Å². The Bertz CT molecular complexity index is 1330. The summed E-state index contributed by atoms with van der Waals surface area (Å²) >= 11 is 1.58. The molecule has 1 aliphatic heterocycles. The fourth-order valence-electron chi connectivity index (χ4n) is 3.55. The van der Waals surface area contributed by atoms with Gasteiger partial charge in [0, 0.05) is 10.9 Å². The van der Waals surface area contributed by atoms with E-state index in [2.05, 4.69) is 47.3 Å². The minimum Gasteiger partial charge on any atom is -0.482 e. The van der Waals surface area contributed by atoms with Crippen molar-refractivity contribution >= 4 is 28.6 Å². The summed E-state index contributed by atoms with van der Waals surface area (Å²) in [5.74, 6) is 1.37. The molecule has 2 aromatic carbocycles. The summed E-state index contributed by atoms with van der Waals surface area (Å²) in [6, 6.07) is 15.9. The maximum Gasteiger partial charge on any atom is 0.262 e. The summed E-state index contributed by atoms with van der Waals surface area (Å²) < 4.78 is 13.3. The number of rotatable bonds is 4. The summed E-state index contributed by atoms with van der Waals surface area (Å²) in [7, 11) is 0. The van der Waals surface area contributed by atoms with Crippen LogP contribution in [0.4, 0.5) is 11.4 Å². The number of hydrogen-bond acceptors (Lipinski definition) is 5. The molecule has 5 rings (SSSR count). The highest BCUT2D eigenvalue weighted by atomic mass is 32.1. The van der Waals surface area contributed by atoms with Crippen LogP contribution < -0.4 is 14.9 Å². The molecule has 1 aliphatic rings. The predicted molar refractivity (Wildman–Crippen MR) is 121 cm³/mol. The first kappa shape index (κ1) is 19.4. The van der Waals surface area contributed by atoms with E-state index in [1.54, 1.807) is 17.6 Å². The number of anilines is 1. The van der Waals surface area contributed by atoms with Crippen LogP contribution in [0.25, 0.3) is 11.3 Å². The molecular weight excluding hydrogens is 410 g/mol. The van der Waals surface area contributed by atoms with Crippen molar-refractivity contribution in [3.05, 3.63) is 81.9 Å². The molecule has 0 radical (unpaired) electrons. The first-order valence-electron chi connectivity index (χ1n) is 9.96. The van der Waals surface area contributed by atoms with Gasteiger partial charge < -0.3 is 19.0 Å². The molecule has 0 bridgehead atoms. The van der Waals surface area contributed by atoms with Crippen LogP contribution in [0, 0.1) is 13.8 Å². The number of nitrogens with zero attached hydrogens (tertiary/aromatic N) is 2. The number of benzene rings is 2. The van der Waals surface area contributed by atoms with Crippen molar-refractivity contribution < 1.29 is 13.9 Å². The van der Waals surface area contributed by atoms with Crippen molar-refractivity contribution in [3.8, 4) is 17.0 Å². The van der Waals surface area contributed by atoms with Crippen LogP contribution in [0.1, 0.15) is 16.9 Å². The Kier molecular flexibility index (Phi) is 4.95. The Balaban J connectivity index is 1.65. The zero-order valence-corrected chi connectivity index (χ0v) is 18.0. The molecule has 0 fully saturated rings. The highest BCUT2D eigenvalue weighted by Gasteiger charge is 2.18. The number of fused-ring (bicyclic) bond motifs is 1. The topological polar surface area (TPSA) is 68.8 Å². The van der Waals surface area contributed by atoms with Gasteiger partial charge in [0.05, 0.1) is 29.9 Å². The number of thiazole rings is 1. The van der Waals surface area contributed by atoms with Gasteiger partial charge in [0.1, 0.15) is 11.5 Å². The van der Waals surface area contributed by atoms with Crippen molar-refractivity contribution in [1.29, 1.82) is 0 Å². The molecule has 156 valence electrons. The molecule has 1 amide bonds. The fourth-order valence-corrected chi connectivity index (χ4v) is 4.47. The van der Waals surface area contributed by atoms with E-state index >= 15 is 0 Å². The largest absolute Gasteiger partial charge is 0.482 e. The van der Waals surface area contributed by atoms with Crippen molar-refractivity contribution in [2.24, 2.45) is 4.99 Å². The van der Waals surface area contributed by atoms with Gasteiger partial charge >= 0.3 is 0 Å². The van der Waals surface area contributed by atoms with E-state index in [0.29, 0.717) is 18.0 Å². The van der Waals surface area contributed by atoms with Crippen molar-refractivity contribution in [3.63, 3.8) is 0 Å². The summed E-state index contributed by atoms with van der Waals surface area (Å²) in [5.41, 5.74) is 5.89. The summed E-state index contributed by atoms with van der Waals surface area (Å²) in [4.78, 5) is 17.6. The molecule has 2 aromatic heterocycles. The lowest BCUT2D eigenvalue weighted by Crippen LogP contribution is -2.25. The predicted octanol–water partition coefficient (Wildman–Crippen LogP) is 5.04. The zero-order chi connectivity index (χ0) is 21.4. The maximum absolute atomic E-state index is 11.8. The van der Waals surface area contributed by atoms with Gasteiger partial charge in [0.25, 0.3) is 5.91 Å². The Morgan fingerprint density at radius 2 is 2.06 bits per heavy atom. The maximum atomic E-state index is 11.8. The molecule has 0 aliphatic carbocycles. The molecule has 0 spiro atoms. The monoisotopic (exact) mass is 431 g/mol. The third-order valence-electron chi connectivity index (χ3n) is 5.18. The first-order valence-corrected chi connectivity index (χ1v) is 10.8. The minimum absolute atomic E-state index is 0.0438. The van der Waals surface area contributed by atoms with Crippen LogP contribution in [-0.4, -0.2) is 17.1 Å². The average molecular weight is 432 g/mol. The van der Waals surface area contributed by atoms with Gasteiger partial charge in [-0.1, -0.05) is 12.1 Å².